The monoisotopic (exact) mass is 992 g/mol. The molecule has 16 nitrogen and oxygen atoms in total. The molecule has 7 fully saturated rings. The van der Waals surface area contributed by atoms with Gasteiger partial charge in [0.05, 0.1) is 28.9 Å². The molecule has 3 saturated carbocycles. The zero-order valence-electron chi connectivity index (χ0n) is 42.8. The van der Waals surface area contributed by atoms with Crippen LogP contribution in [0.2, 0.25) is 0 Å². The van der Waals surface area contributed by atoms with Crippen molar-refractivity contribution in [3.8, 4) is 11.3 Å². The highest BCUT2D eigenvalue weighted by Crippen LogP contribution is 2.52. The van der Waals surface area contributed by atoms with Gasteiger partial charge < -0.3 is 34.8 Å². The van der Waals surface area contributed by atoms with Crippen LogP contribution in [0.25, 0.3) is 22.3 Å². The molecule has 8 heterocycles. The van der Waals surface area contributed by atoms with E-state index >= 15 is 4.79 Å². The Kier molecular flexibility index (Phi) is 13.0. The molecule has 4 aromatic rings. The summed E-state index contributed by atoms with van der Waals surface area (Å²) < 4.78 is 2.20. The first-order valence-electron chi connectivity index (χ1n) is 28.0. The lowest BCUT2D eigenvalue weighted by Crippen LogP contribution is -2.58. The maximum Gasteiger partial charge on any atom is 0.238 e. The highest BCUT2D eigenvalue weighted by molar-refractivity contribution is 6.09. The number of imidazole rings is 1. The van der Waals surface area contributed by atoms with E-state index in [1.165, 1.54) is 19.3 Å². The van der Waals surface area contributed by atoms with Gasteiger partial charge in [-0.15, -0.1) is 0 Å². The maximum atomic E-state index is 15.2. The molecule has 0 bridgehead atoms. The van der Waals surface area contributed by atoms with Gasteiger partial charge in [-0.1, -0.05) is 24.6 Å². The van der Waals surface area contributed by atoms with Gasteiger partial charge in [-0.05, 0) is 158 Å². The van der Waals surface area contributed by atoms with Gasteiger partial charge in [-0.3, -0.25) is 29.3 Å². The Bertz CT molecular complexity index is 2750. The molecule has 5 aliphatic heterocycles. The van der Waals surface area contributed by atoms with Crippen LogP contribution in [0.4, 0.5) is 17.3 Å². The number of pyridine rings is 2. The lowest BCUT2D eigenvalue weighted by molar-refractivity contribution is -0.140. The van der Waals surface area contributed by atoms with Crippen LogP contribution in [0.5, 0.6) is 0 Å². The summed E-state index contributed by atoms with van der Waals surface area (Å²) in [6, 6.07) is 14.0. The Morgan fingerprint density at radius 3 is 2.27 bits per heavy atom. The lowest BCUT2D eigenvalue weighted by atomic mass is 9.73. The number of aromatic nitrogens is 4. The molecule has 3 aliphatic carbocycles. The van der Waals surface area contributed by atoms with Crippen molar-refractivity contribution in [3.63, 3.8) is 0 Å². The van der Waals surface area contributed by atoms with Crippen molar-refractivity contribution in [2.45, 2.75) is 159 Å². The predicted octanol–water partition coefficient (Wildman–Crippen LogP) is 7.23. The highest BCUT2D eigenvalue weighted by atomic mass is 16.2. The topological polar surface area (TPSA) is 178 Å². The molecule has 1 unspecified atom stereocenters. The second kappa shape index (κ2) is 19.7. The molecule has 4 saturated heterocycles. The number of likely N-dealkylation sites (tertiary alicyclic amines) is 2. The third kappa shape index (κ3) is 9.28. The molecular formula is C57H73N11O5. The van der Waals surface area contributed by atoms with Crippen LogP contribution in [0.3, 0.4) is 0 Å². The minimum absolute atomic E-state index is 0.0274. The summed E-state index contributed by atoms with van der Waals surface area (Å²) in [7, 11) is 0. The molecule has 73 heavy (non-hydrogen) atoms. The summed E-state index contributed by atoms with van der Waals surface area (Å²) >= 11 is 0. The summed E-state index contributed by atoms with van der Waals surface area (Å²) in [5.74, 6) is 1.70. The molecule has 3 aromatic heterocycles. The van der Waals surface area contributed by atoms with Crippen LogP contribution in [0.15, 0.2) is 48.9 Å². The van der Waals surface area contributed by atoms with Crippen LogP contribution >= 0.6 is 0 Å². The molecule has 0 radical (unpaired) electrons. The minimum Gasteiger partial charge on any atom is -0.366 e. The molecule has 12 rings (SSSR count). The highest BCUT2D eigenvalue weighted by Gasteiger charge is 2.56. The van der Waals surface area contributed by atoms with E-state index in [0.717, 1.165) is 141 Å². The van der Waals surface area contributed by atoms with Crippen LogP contribution < -0.4 is 25.8 Å². The number of nitrogens with zero attached hydrogens (tertiary/aromatic N) is 8. The molecule has 386 valence electrons. The van der Waals surface area contributed by atoms with Crippen molar-refractivity contribution in [3.05, 3.63) is 60.0 Å². The Hall–Kier alpha value is -5.90. The number of carbonyl (C=O) groups excluding carboxylic acids is 5. The standard InChI is InChI=1S/C57H73N11O5/c1-35(2)67-34-60-47-31-46(62-52(51(47)67)61-41-12-13-41)39-10-15-45-48(28-39)68(43-29-42(30-43)64-22-4-3-5-23-64)56(73)57(45)20-26-66(27-21-57)55(72)38-8-6-36(7-9-38)32-59-53(70)37-18-24-65(25-19-37)49-16-11-40(33-58-49)44-14-17-50(69)63-54(44)71/h10-11,15-16,28,31,33-38,41-44H,3-9,12-14,17-27,29-30,32H2,1-2H3,(H,59,70)(H,61,62)(H,63,69,71)/t36-,38-,42?,43?,44?. The van der Waals surface area contributed by atoms with Gasteiger partial charge in [0.25, 0.3) is 0 Å². The summed E-state index contributed by atoms with van der Waals surface area (Å²) in [6.07, 6.45) is 18.8. The van der Waals surface area contributed by atoms with Crippen LogP contribution in [0, 0.1) is 17.8 Å². The number of anilines is 3. The van der Waals surface area contributed by atoms with E-state index in [9.17, 15) is 19.2 Å². The van der Waals surface area contributed by atoms with Crippen LogP contribution in [0.1, 0.15) is 146 Å². The zero-order chi connectivity index (χ0) is 50.0. The fourth-order valence-corrected chi connectivity index (χ4v) is 13.6. The molecule has 16 heteroatoms. The van der Waals surface area contributed by atoms with Crippen molar-refractivity contribution in [2.24, 2.45) is 17.8 Å². The van der Waals surface area contributed by atoms with Crippen LogP contribution in [-0.4, -0.2) is 123 Å². The number of carbonyl (C=O) groups is 5. The number of hydrogen-bond donors (Lipinski definition) is 3. The van der Waals surface area contributed by atoms with E-state index in [0.29, 0.717) is 63.3 Å². The summed E-state index contributed by atoms with van der Waals surface area (Å²) in [4.78, 5) is 90.6. The van der Waals surface area contributed by atoms with Gasteiger partial charge >= 0.3 is 0 Å². The average molecular weight is 992 g/mol. The van der Waals surface area contributed by atoms with E-state index in [-0.39, 0.29) is 59.4 Å². The fraction of sp³-hybridized carbons (Fsp3) is 0.614. The first-order valence-corrected chi connectivity index (χ1v) is 28.0. The van der Waals surface area contributed by atoms with Gasteiger partial charge in [0.15, 0.2) is 5.82 Å². The summed E-state index contributed by atoms with van der Waals surface area (Å²) in [5, 5.41) is 9.40. The molecule has 5 amide bonds. The number of benzene rings is 1. The van der Waals surface area contributed by atoms with Gasteiger partial charge in [0.1, 0.15) is 11.3 Å². The minimum atomic E-state index is -0.651. The molecule has 3 N–H and O–H groups in total. The van der Waals surface area contributed by atoms with E-state index in [4.69, 9.17) is 9.97 Å². The quantitative estimate of drug-likeness (QED) is 0.122. The second-order valence-corrected chi connectivity index (χ2v) is 23.3. The Morgan fingerprint density at radius 2 is 1.58 bits per heavy atom. The summed E-state index contributed by atoms with van der Waals surface area (Å²) in [5.41, 5.74) is 6.12. The van der Waals surface area contributed by atoms with Gasteiger partial charge in [-0.25, -0.2) is 15.0 Å². The van der Waals surface area contributed by atoms with Crippen molar-refractivity contribution in [2.75, 3.05) is 60.9 Å². The maximum absolute atomic E-state index is 15.2. The van der Waals surface area contributed by atoms with Crippen molar-refractivity contribution in [1.29, 1.82) is 0 Å². The number of imide groups is 1. The normalized spacial score (nSPS) is 26.8. The lowest BCUT2D eigenvalue weighted by Gasteiger charge is -2.48. The molecule has 1 aromatic carbocycles. The molecule has 8 aliphatic rings. The SMILES string of the molecule is CC(C)n1cnc2cc(-c3ccc4c(c3)N(C3CC(N5CCCCC5)C3)C(=O)C43CCN(C(=O)[C@H]4CC[C@H](CNC(=O)C5CCN(c6ccc(C7CCC(=O)NC7=O)cn6)CC5)CC4)CC3)nc(NC3CC3)c21. The number of fused-ring (bicyclic) bond motifs is 3. The first kappa shape index (κ1) is 48.1. The number of nitrogens with one attached hydrogen (secondary N) is 3. The summed E-state index contributed by atoms with van der Waals surface area (Å²) in [6.45, 7) is 9.92. The molecular weight excluding hydrogens is 919 g/mol. The number of hydrogen-bond acceptors (Lipinski definition) is 11. The second-order valence-electron chi connectivity index (χ2n) is 23.3. The van der Waals surface area contributed by atoms with Crippen molar-refractivity contribution < 1.29 is 24.0 Å². The zero-order valence-corrected chi connectivity index (χ0v) is 42.8. The van der Waals surface area contributed by atoms with Gasteiger partial charge in [-0.2, -0.15) is 0 Å². The van der Waals surface area contributed by atoms with E-state index in [2.05, 4.69) is 83.2 Å². The number of amides is 5. The fourth-order valence-electron chi connectivity index (χ4n) is 13.6. The first-order chi connectivity index (χ1) is 35.5. The smallest absolute Gasteiger partial charge is 0.238 e. The Morgan fingerprint density at radius 1 is 0.808 bits per heavy atom. The van der Waals surface area contributed by atoms with E-state index in [1.54, 1.807) is 6.20 Å². The predicted molar refractivity (Wildman–Crippen MR) is 280 cm³/mol. The Balaban J connectivity index is 0.662. The molecule has 1 atom stereocenters. The van der Waals surface area contributed by atoms with Crippen LogP contribution in [-0.2, 0) is 29.4 Å². The van der Waals surface area contributed by atoms with Crippen molar-refractivity contribution >= 4 is 57.9 Å². The Labute approximate surface area is 428 Å². The molecule has 1 spiro atoms. The largest absolute Gasteiger partial charge is 0.366 e. The third-order valence-electron chi connectivity index (χ3n) is 18.4. The average Bonchev–Trinajstić information content (AvgIpc) is 4.07. The number of piperidine rings is 4. The van der Waals surface area contributed by atoms with Gasteiger partial charge in [0, 0.05) is 92.6 Å². The van der Waals surface area contributed by atoms with E-state index in [1.807, 2.05) is 18.5 Å². The van der Waals surface area contributed by atoms with Gasteiger partial charge in [0.2, 0.25) is 29.5 Å². The number of rotatable bonds is 12. The third-order valence-corrected chi connectivity index (χ3v) is 18.4. The van der Waals surface area contributed by atoms with Crippen molar-refractivity contribution in [1.82, 2.24) is 40.0 Å². The van der Waals surface area contributed by atoms with E-state index < -0.39 is 5.41 Å².